The maximum absolute atomic E-state index is 11.6. The van der Waals surface area contributed by atoms with Gasteiger partial charge in [0.2, 0.25) is 0 Å². The van der Waals surface area contributed by atoms with Gasteiger partial charge in [-0.3, -0.25) is 4.74 Å². The van der Waals surface area contributed by atoms with Gasteiger partial charge in [0.25, 0.3) is 0 Å². The fourth-order valence-corrected chi connectivity index (χ4v) is 0.855. The van der Waals surface area contributed by atoms with Gasteiger partial charge in [-0.1, -0.05) is 13.8 Å². The van der Waals surface area contributed by atoms with Crippen molar-refractivity contribution in [3.63, 3.8) is 0 Å². The van der Waals surface area contributed by atoms with Gasteiger partial charge in [0.05, 0.1) is 6.10 Å². The molecule has 0 aromatic rings. The second-order valence-electron chi connectivity index (χ2n) is 3.35. The minimum absolute atomic E-state index is 0.421. The lowest BCUT2D eigenvalue weighted by Crippen LogP contribution is -2.21. The topological polar surface area (TPSA) is 9.23 Å². The van der Waals surface area contributed by atoms with Gasteiger partial charge in [0, 0.05) is 0 Å². The van der Waals surface area contributed by atoms with Gasteiger partial charge in [-0.2, -0.15) is 0 Å². The first-order chi connectivity index (χ1) is 5.31. The van der Waals surface area contributed by atoms with Crippen LogP contribution in [0.2, 0.25) is 0 Å². The zero-order valence-electron chi connectivity index (χ0n) is 7.61. The van der Waals surface area contributed by atoms with Crippen molar-refractivity contribution in [3.05, 3.63) is 0 Å². The molecule has 0 saturated carbocycles. The summed E-state index contributed by atoms with van der Waals surface area (Å²) < 4.78 is 38.6. The minimum atomic E-state index is -4.49. The first kappa shape index (κ1) is 11.8. The number of ether oxygens (including phenoxy) is 1. The molecule has 1 nitrogen and oxygen atoms in total. The standard InChI is InChI=1S/C8H15F3O/c1-6(2)4-5-7(3)12-8(9,10)11/h6-7H,4-5H2,1-3H3. The molecule has 0 radical (unpaired) electrons. The predicted molar refractivity (Wildman–Crippen MR) is 40.7 cm³/mol. The highest BCUT2D eigenvalue weighted by Crippen LogP contribution is 2.21. The van der Waals surface area contributed by atoms with Crippen LogP contribution < -0.4 is 0 Å². The molecule has 0 aliphatic heterocycles. The van der Waals surface area contributed by atoms with Crippen molar-refractivity contribution in [1.29, 1.82) is 0 Å². The number of alkyl halides is 3. The molecule has 0 rings (SSSR count). The van der Waals surface area contributed by atoms with Crippen LogP contribution in [0.25, 0.3) is 0 Å². The average molecular weight is 184 g/mol. The minimum Gasteiger partial charge on any atom is -0.289 e. The van der Waals surface area contributed by atoms with Crippen LogP contribution >= 0.6 is 0 Å². The van der Waals surface area contributed by atoms with Crippen molar-refractivity contribution >= 4 is 0 Å². The van der Waals surface area contributed by atoms with E-state index in [0.29, 0.717) is 12.3 Å². The van der Waals surface area contributed by atoms with E-state index in [-0.39, 0.29) is 0 Å². The summed E-state index contributed by atoms with van der Waals surface area (Å²) in [4.78, 5) is 0. The molecular weight excluding hydrogens is 169 g/mol. The van der Waals surface area contributed by atoms with E-state index in [1.807, 2.05) is 13.8 Å². The van der Waals surface area contributed by atoms with Crippen LogP contribution in [0.15, 0.2) is 0 Å². The van der Waals surface area contributed by atoms with E-state index in [9.17, 15) is 13.2 Å². The molecule has 74 valence electrons. The second kappa shape index (κ2) is 4.70. The van der Waals surface area contributed by atoms with Gasteiger partial charge in [0.1, 0.15) is 0 Å². The molecule has 0 aromatic carbocycles. The van der Waals surface area contributed by atoms with Crippen LogP contribution in [0.3, 0.4) is 0 Å². The largest absolute Gasteiger partial charge is 0.522 e. The summed E-state index contributed by atoms with van der Waals surface area (Å²) in [5, 5.41) is 0. The molecule has 0 aliphatic carbocycles. The Morgan fingerprint density at radius 3 is 1.92 bits per heavy atom. The number of hydrogen-bond acceptors (Lipinski definition) is 1. The van der Waals surface area contributed by atoms with E-state index in [1.165, 1.54) is 6.92 Å². The number of halogens is 3. The molecular formula is C8H15F3O. The Morgan fingerprint density at radius 1 is 1.08 bits per heavy atom. The van der Waals surface area contributed by atoms with E-state index >= 15 is 0 Å². The first-order valence-electron chi connectivity index (χ1n) is 4.06. The quantitative estimate of drug-likeness (QED) is 0.651. The summed E-state index contributed by atoms with van der Waals surface area (Å²) >= 11 is 0. The van der Waals surface area contributed by atoms with Crippen LogP contribution in [0.4, 0.5) is 13.2 Å². The Hall–Kier alpha value is -0.250. The number of rotatable bonds is 4. The van der Waals surface area contributed by atoms with Gasteiger partial charge in [-0.25, -0.2) is 0 Å². The molecule has 0 heterocycles. The maximum atomic E-state index is 11.6. The molecule has 0 bridgehead atoms. The Labute approximate surface area is 70.9 Å². The lowest BCUT2D eigenvalue weighted by Gasteiger charge is -2.15. The van der Waals surface area contributed by atoms with E-state index < -0.39 is 12.5 Å². The molecule has 1 unspecified atom stereocenters. The predicted octanol–water partition coefficient (Wildman–Crippen LogP) is 3.35. The van der Waals surface area contributed by atoms with Crippen molar-refractivity contribution < 1.29 is 17.9 Å². The van der Waals surface area contributed by atoms with Crippen molar-refractivity contribution in [3.8, 4) is 0 Å². The zero-order chi connectivity index (χ0) is 9.78. The van der Waals surface area contributed by atoms with Crippen LogP contribution in [-0.4, -0.2) is 12.5 Å². The lowest BCUT2D eigenvalue weighted by molar-refractivity contribution is -0.341. The van der Waals surface area contributed by atoms with Crippen LogP contribution in [0.1, 0.15) is 33.6 Å². The van der Waals surface area contributed by atoms with Crippen molar-refractivity contribution in [1.82, 2.24) is 0 Å². The number of hydrogen-bond donors (Lipinski definition) is 0. The van der Waals surface area contributed by atoms with Crippen LogP contribution in [-0.2, 0) is 4.74 Å². The van der Waals surface area contributed by atoms with E-state index in [2.05, 4.69) is 4.74 Å². The molecule has 12 heavy (non-hydrogen) atoms. The highest BCUT2D eigenvalue weighted by molar-refractivity contribution is 4.53. The molecule has 1 atom stereocenters. The molecule has 4 heteroatoms. The molecule has 0 aromatic heterocycles. The third-order valence-corrected chi connectivity index (χ3v) is 1.49. The highest BCUT2D eigenvalue weighted by Gasteiger charge is 2.31. The van der Waals surface area contributed by atoms with E-state index in [0.717, 1.165) is 6.42 Å². The van der Waals surface area contributed by atoms with Crippen LogP contribution in [0, 0.1) is 5.92 Å². The Kier molecular flexibility index (Phi) is 4.60. The van der Waals surface area contributed by atoms with Crippen molar-refractivity contribution in [2.75, 3.05) is 0 Å². The van der Waals surface area contributed by atoms with Gasteiger partial charge in [-0.05, 0) is 25.7 Å². The summed E-state index contributed by atoms with van der Waals surface area (Å²) in [6.45, 7) is 5.39. The second-order valence-corrected chi connectivity index (χ2v) is 3.35. The normalized spacial score (nSPS) is 15.2. The van der Waals surface area contributed by atoms with E-state index in [4.69, 9.17) is 0 Å². The molecule has 0 saturated heterocycles. The smallest absolute Gasteiger partial charge is 0.289 e. The first-order valence-corrected chi connectivity index (χ1v) is 4.06. The molecule has 0 N–H and O–H groups in total. The Bertz CT molecular complexity index is 120. The van der Waals surface area contributed by atoms with Gasteiger partial charge < -0.3 is 0 Å². The van der Waals surface area contributed by atoms with E-state index in [1.54, 1.807) is 0 Å². The van der Waals surface area contributed by atoms with Gasteiger partial charge in [-0.15, -0.1) is 13.2 Å². The summed E-state index contributed by atoms with van der Waals surface area (Å²) in [5.74, 6) is 0.421. The Morgan fingerprint density at radius 2 is 1.58 bits per heavy atom. The summed E-state index contributed by atoms with van der Waals surface area (Å²) in [6, 6.07) is 0. The SMILES string of the molecule is CC(C)CCC(C)OC(F)(F)F. The zero-order valence-corrected chi connectivity index (χ0v) is 7.61. The monoisotopic (exact) mass is 184 g/mol. The van der Waals surface area contributed by atoms with Crippen LogP contribution in [0.5, 0.6) is 0 Å². The summed E-state index contributed by atoms with van der Waals surface area (Å²) in [5.41, 5.74) is 0. The maximum Gasteiger partial charge on any atom is 0.522 e. The third-order valence-electron chi connectivity index (χ3n) is 1.49. The lowest BCUT2D eigenvalue weighted by atomic mass is 10.1. The van der Waals surface area contributed by atoms with Gasteiger partial charge in [0.15, 0.2) is 0 Å². The fraction of sp³-hybridized carbons (Fsp3) is 1.00. The molecule has 0 fully saturated rings. The molecule has 0 aliphatic rings. The fourth-order valence-electron chi connectivity index (χ4n) is 0.855. The highest BCUT2D eigenvalue weighted by atomic mass is 19.4. The van der Waals surface area contributed by atoms with Crippen molar-refractivity contribution in [2.24, 2.45) is 5.92 Å². The molecule has 0 amide bonds. The van der Waals surface area contributed by atoms with Crippen molar-refractivity contribution in [2.45, 2.75) is 46.1 Å². The summed E-state index contributed by atoms with van der Waals surface area (Å²) in [6.07, 6.45) is -4.00. The summed E-state index contributed by atoms with van der Waals surface area (Å²) in [7, 11) is 0. The third kappa shape index (κ3) is 7.85. The molecule has 0 spiro atoms. The average Bonchev–Trinajstić information content (AvgIpc) is 1.79. The van der Waals surface area contributed by atoms with Gasteiger partial charge >= 0.3 is 6.36 Å². The Balaban J connectivity index is 3.53.